The molecular weight excluding hydrogens is 324 g/mol. The Labute approximate surface area is 132 Å². The van der Waals surface area contributed by atoms with E-state index in [0.717, 1.165) is 5.75 Å². The Bertz CT molecular complexity index is 892. The summed E-state index contributed by atoms with van der Waals surface area (Å²) in [7, 11) is -3.45. The molecule has 0 bridgehead atoms. The summed E-state index contributed by atoms with van der Waals surface area (Å²) in [5.74, 6) is 1.37. The smallest absolute Gasteiger partial charge is 0.192 e. The maximum atomic E-state index is 11.8. The number of alkyl halides is 1. The molecule has 1 N–H and O–H groups in total. The fraction of sp³-hybridized carbons (Fsp3) is 0.133. The highest BCUT2D eigenvalue weighted by molar-refractivity contribution is 7.92. The molecule has 7 heteroatoms. The lowest BCUT2D eigenvalue weighted by atomic mass is 10.3. The number of rotatable bonds is 5. The van der Waals surface area contributed by atoms with E-state index in [1.807, 2.05) is 30.3 Å². The van der Waals surface area contributed by atoms with Gasteiger partial charge in [0.1, 0.15) is 23.4 Å². The van der Waals surface area contributed by atoms with Crippen LogP contribution in [0.15, 0.2) is 53.4 Å². The van der Waals surface area contributed by atoms with E-state index >= 15 is 0 Å². The van der Waals surface area contributed by atoms with Gasteiger partial charge in [0.25, 0.3) is 0 Å². The molecule has 114 valence electrons. The van der Waals surface area contributed by atoms with Gasteiger partial charge in [-0.05, 0) is 30.3 Å². The first-order valence-electron chi connectivity index (χ1n) is 6.54. The Kier molecular flexibility index (Phi) is 4.04. The highest BCUT2D eigenvalue weighted by atomic mass is 35.5. The highest BCUT2D eigenvalue weighted by Gasteiger charge is 2.14. The molecular formula is C15H13ClN2O3S. The largest absolute Gasteiger partial charge is 0.486 e. The van der Waals surface area contributed by atoms with Gasteiger partial charge in [0.05, 0.1) is 15.9 Å². The average molecular weight is 337 g/mol. The van der Waals surface area contributed by atoms with E-state index in [2.05, 4.69) is 9.97 Å². The van der Waals surface area contributed by atoms with Crippen LogP contribution >= 0.6 is 11.6 Å². The number of fused-ring (bicyclic) bond motifs is 1. The summed E-state index contributed by atoms with van der Waals surface area (Å²) >= 11 is 5.47. The van der Waals surface area contributed by atoms with Crippen molar-refractivity contribution >= 4 is 32.5 Å². The van der Waals surface area contributed by atoms with Crippen molar-refractivity contribution in [2.75, 3.05) is 5.21 Å². The van der Waals surface area contributed by atoms with Crippen LogP contribution in [0.25, 0.3) is 11.0 Å². The lowest BCUT2D eigenvalue weighted by Crippen LogP contribution is -2.01. The third-order valence-electron chi connectivity index (χ3n) is 3.12. The molecule has 0 radical (unpaired) electrons. The van der Waals surface area contributed by atoms with Crippen molar-refractivity contribution < 1.29 is 13.2 Å². The lowest BCUT2D eigenvalue weighted by molar-refractivity contribution is 0.297. The molecule has 0 spiro atoms. The van der Waals surface area contributed by atoms with Crippen molar-refractivity contribution in [3.8, 4) is 5.75 Å². The molecule has 0 unspecified atom stereocenters. The number of H-pyrrole nitrogens is 1. The molecule has 1 heterocycles. The number of hydrogen-bond donors (Lipinski definition) is 1. The third kappa shape index (κ3) is 3.08. The zero-order valence-corrected chi connectivity index (χ0v) is 13.1. The Morgan fingerprint density at radius 3 is 2.64 bits per heavy atom. The first kappa shape index (κ1) is 14.9. The van der Waals surface area contributed by atoms with Crippen molar-refractivity contribution in [1.82, 2.24) is 9.97 Å². The molecule has 5 nitrogen and oxygen atoms in total. The van der Waals surface area contributed by atoms with E-state index in [4.69, 9.17) is 16.3 Å². The van der Waals surface area contributed by atoms with E-state index in [-0.39, 0.29) is 11.5 Å². The second kappa shape index (κ2) is 5.98. The summed E-state index contributed by atoms with van der Waals surface area (Å²) < 4.78 is 29.1. The van der Waals surface area contributed by atoms with E-state index in [1.165, 1.54) is 12.1 Å². The van der Waals surface area contributed by atoms with E-state index in [1.54, 1.807) is 6.07 Å². The molecule has 0 saturated carbocycles. The minimum atomic E-state index is -3.45. The Balaban J connectivity index is 1.84. The predicted molar refractivity (Wildman–Crippen MR) is 84.8 cm³/mol. The number of sulfone groups is 1. The molecule has 0 aliphatic heterocycles. The lowest BCUT2D eigenvalue weighted by Gasteiger charge is -2.02. The second-order valence-electron chi connectivity index (χ2n) is 4.69. The summed E-state index contributed by atoms with van der Waals surface area (Å²) in [6.07, 6.45) is 0. The van der Waals surface area contributed by atoms with Crippen LogP contribution in [-0.4, -0.2) is 23.6 Å². The topological polar surface area (TPSA) is 72.1 Å². The Morgan fingerprint density at radius 2 is 1.91 bits per heavy atom. The summed E-state index contributed by atoms with van der Waals surface area (Å²) in [6, 6.07) is 14.1. The number of halogens is 1. The van der Waals surface area contributed by atoms with Crippen LogP contribution < -0.4 is 4.74 Å². The maximum Gasteiger partial charge on any atom is 0.192 e. The fourth-order valence-electron chi connectivity index (χ4n) is 2.03. The molecule has 0 aliphatic carbocycles. The third-order valence-corrected chi connectivity index (χ3v) is 5.25. The van der Waals surface area contributed by atoms with E-state index < -0.39 is 15.0 Å². The van der Waals surface area contributed by atoms with Gasteiger partial charge < -0.3 is 9.72 Å². The van der Waals surface area contributed by atoms with Gasteiger partial charge in [-0.2, -0.15) is 0 Å². The molecule has 0 amide bonds. The molecule has 0 aliphatic rings. The number of para-hydroxylation sites is 1. The maximum absolute atomic E-state index is 11.8. The average Bonchev–Trinajstić information content (AvgIpc) is 2.96. The number of imidazole rings is 1. The first-order chi connectivity index (χ1) is 10.6. The minimum absolute atomic E-state index is 0.175. The van der Waals surface area contributed by atoms with Crippen molar-refractivity contribution in [3.05, 3.63) is 54.4 Å². The fourth-order valence-corrected chi connectivity index (χ4v) is 3.11. The summed E-state index contributed by atoms with van der Waals surface area (Å²) in [5, 5.41) is -0.448. The molecule has 22 heavy (non-hydrogen) atoms. The van der Waals surface area contributed by atoms with Gasteiger partial charge in [0, 0.05) is 0 Å². The Hall–Kier alpha value is -2.05. The molecule has 3 rings (SSSR count). The molecule has 3 aromatic rings. The number of aromatic nitrogens is 2. The van der Waals surface area contributed by atoms with E-state index in [9.17, 15) is 8.42 Å². The van der Waals surface area contributed by atoms with Gasteiger partial charge in [0.15, 0.2) is 9.84 Å². The monoisotopic (exact) mass is 336 g/mol. The minimum Gasteiger partial charge on any atom is -0.486 e. The van der Waals surface area contributed by atoms with Gasteiger partial charge in [-0.15, -0.1) is 11.6 Å². The number of nitrogens with one attached hydrogen (secondary N) is 1. The van der Waals surface area contributed by atoms with Gasteiger partial charge in [-0.1, -0.05) is 18.2 Å². The normalized spacial score (nSPS) is 11.7. The van der Waals surface area contributed by atoms with Crippen LogP contribution in [0.3, 0.4) is 0 Å². The molecule has 2 aromatic carbocycles. The van der Waals surface area contributed by atoms with Crippen LogP contribution in [-0.2, 0) is 16.4 Å². The van der Waals surface area contributed by atoms with E-state index in [0.29, 0.717) is 16.9 Å². The second-order valence-corrected chi connectivity index (χ2v) is 7.26. The quantitative estimate of drug-likeness (QED) is 0.727. The number of hydrogen-bond acceptors (Lipinski definition) is 4. The number of benzene rings is 2. The van der Waals surface area contributed by atoms with Crippen LogP contribution in [0, 0.1) is 0 Å². The van der Waals surface area contributed by atoms with Gasteiger partial charge >= 0.3 is 0 Å². The van der Waals surface area contributed by atoms with Crippen LogP contribution in [0.5, 0.6) is 5.75 Å². The van der Waals surface area contributed by atoms with Crippen LogP contribution in [0.4, 0.5) is 0 Å². The number of aromatic amines is 1. The number of nitrogens with zero attached hydrogens (tertiary/aromatic N) is 1. The van der Waals surface area contributed by atoms with Gasteiger partial charge in [-0.25, -0.2) is 13.4 Å². The summed E-state index contributed by atoms with van der Waals surface area (Å²) in [6.45, 7) is 0.274. The van der Waals surface area contributed by atoms with Crippen molar-refractivity contribution in [2.24, 2.45) is 0 Å². The van der Waals surface area contributed by atoms with Crippen LogP contribution in [0.2, 0.25) is 0 Å². The van der Waals surface area contributed by atoms with Gasteiger partial charge in [-0.3, -0.25) is 0 Å². The SMILES string of the molecule is O=S(=O)(CCl)c1ccc2nc(COc3ccccc3)[nH]c2c1. The summed E-state index contributed by atoms with van der Waals surface area (Å²) in [4.78, 5) is 7.60. The summed E-state index contributed by atoms with van der Waals surface area (Å²) in [5.41, 5.74) is 1.32. The van der Waals surface area contributed by atoms with Crippen LogP contribution in [0.1, 0.15) is 5.82 Å². The molecule has 0 atom stereocenters. The van der Waals surface area contributed by atoms with Crippen molar-refractivity contribution in [3.63, 3.8) is 0 Å². The Morgan fingerprint density at radius 1 is 1.14 bits per heavy atom. The van der Waals surface area contributed by atoms with Gasteiger partial charge in [0.2, 0.25) is 0 Å². The number of ether oxygens (including phenoxy) is 1. The zero-order valence-electron chi connectivity index (χ0n) is 11.5. The zero-order chi connectivity index (χ0) is 15.6. The standard InChI is InChI=1S/C15H13ClN2O3S/c16-10-22(19,20)12-6-7-13-14(8-12)18-15(17-13)9-21-11-4-2-1-3-5-11/h1-8H,9-10H2,(H,17,18). The molecule has 1 aromatic heterocycles. The molecule has 0 fully saturated rings. The first-order valence-corrected chi connectivity index (χ1v) is 8.72. The van der Waals surface area contributed by atoms with Crippen molar-refractivity contribution in [2.45, 2.75) is 11.5 Å². The van der Waals surface area contributed by atoms with Crippen molar-refractivity contribution in [1.29, 1.82) is 0 Å². The molecule has 0 saturated heterocycles. The highest BCUT2D eigenvalue weighted by Crippen LogP contribution is 2.20. The predicted octanol–water partition coefficient (Wildman–Crippen LogP) is 3.11.